The van der Waals surface area contributed by atoms with Crippen molar-refractivity contribution in [2.75, 3.05) is 0 Å². The monoisotopic (exact) mass is 168 g/mol. The second kappa shape index (κ2) is 3.05. The average Bonchev–Trinajstić information content (AvgIpc) is 2.03. The molecule has 2 rings (SSSR count). The predicted octanol–water partition coefficient (Wildman–Crippen LogP) is 0.667. The number of nitrogens with two attached hydrogens (primary N) is 1. The number of fused-ring (bicyclic) bond motifs is 1. The molecule has 0 saturated heterocycles. The van der Waals surface area contributed by atoms with Gasteiger partial charge in [-0.15, -0.1) is 0 Å². The quantitative estimate of drug-likeness (QED) is 0.558. The highest BCUT2D eigenvalue weighted by atomic mass is 16.3. The molecule has 1 saturated carbocycles. The van der Waals surface area contributed by atoms with Gasteiger partial charge in [0.2, 0.25) is 0 Å². The van der Waals surface area contributed by atoms with Crippen molar-refractivity contribution in [3.05, 3.63) is 0 Å². The maximum atomic E-state index is 9.42. The van der Waals surface area contributed by atoms with E-state index in [2.05, 4.69) is 4.99 Å². The number of nitrogens with zero attached hydrogens (tertiary/aromatic N) is 1. The van der Waals surface area contributed by atoms with Crippen molar-refractivity contribution in [2.24, 2.45) is 16.6 Å². The number of aliphatic hydroxyl groups is 1. The van der Waals surface area contributed by atoms with Crippen molar-refractivity contribution in [1.82, 2.24) is 0 Å². The largest absolute Gasteiger partial charge is 0.393 e. The number of rotatable bonds is 0. The standard InChI is InChI=1S/C9H16N2O/c10-9-4-2-6-1-3-7(12)5-8(6)11-9/h6-8,12H,1-5H2,(H2,10,11). The highest BCUT2D eigenvalue weighted by Crippen LogP contribution is 2.32. The Hall–Kier alpha value is -0.570. The molecule has 0 aromatic heterocycles. The summed E-state index contributed by atoms with van der Waals surface area (Å²) in [5.41, 5.74) is 5.66. The van der Waals surface area contributed by atoms with Crippen LogP contribution in [0, 0.1) is 5.92 Å². The Morgan fingerprint density at radius 2 is 2.17 bits per heavy atom. The first kappa shape index (κ1) is 8.05. The third-order valence-electron chi connectivity index (χ3n) is 3.03. The van der Waals surface area contributed by atoms with Gasteiger partial charge < -0.3 is 10.8 Å². The lowest BCUT2D eigenvalue weighted by Gasteiger charge is -2.34. The van der Waals surface area contributed by atoms with Gasteiger partial charge in [-0.2, -0.15) is 0 Å². The van der Waals surface area contributed by atoms with Crippen LogP contribution in [0.1, 0.15) is 32.1 Å². The highest BCUT2D eigenvalue weighted by Gasteiger charge is 2.31. The Labute approximate surface area is 72.7 Å². The summed E-state index contributed by atoms with van der Waals surface area (Å²) in [6.07, 6.45) is 4.90. The van der Waals surface area contributed by atoms with Crippen LogP contribution in [0.5, 0.6) is 0 Å². The summed E-state index contributed by atoms with van der Waals surface area (Å²) in [5, 5.41) is 9.42. The fraction of sp³-hybridized carbons (Fsp3) is 0.889. The fourth-order valence-corrected chi connectivity index (χ4v) is 2.29. The molecule has 3 atom stereocenters. The first-order valence-corrected chi connectivity index (χ1v) is 4.76. The Bertz CT molecular complexity index is 203. The molecule has 1 heterocycles. The van der Waals surface area contributed by atoms with E-state index in [1.807, 2.05) is 0 Å². The van der Waals surface area contributed by atoms with E-state index in [1.165, 1.54) is 6.42 Å². The molecule has 1 aliphatic heterocycles. The van der Waals surface area contributed by atoms with Crippen molar-refractivity contribution < 1.29 is 5.11 Å². The smallest absolute Gasteiger partial charge is 0.0940 e. The number of aliphatic hydroxyl groups excluding tert-OH is 1. The molecule has 3 nitrogen and oxygen atoms in total. The fourth-order valence-electron chi connectivity index (χ4n) is 2.29. The van der Waals surface area contributed by atoms with Gasteiger partial charge in [-0.25, -0.2) is 0 Å². The third-order valence-corrected chi connectivity index (χ3v) is 3.03. The van der Waals surface area contributed by atoms with Crippen molar-refractivity contribution in [2.45, 2.75) is 44.2 Å². The maximum absolute atomic E-state index is 9.42. The van der Waals surface area contributed by atoms with Crippen molar-refractivity contribution in [3.63, 3.8) is 0 Å². The predicted molar refractivity (Wildman–Crippen MR) is 48.0 cm³/mol. The number of amidine groups is 1. The minimum Gasteiger partial charge on any atom is -0.393 e. The van der Waals surface area contributed by atoms with E-state index < -0.39 is 0 Å². The summed E-state index contributed by atoms with van der Waals surface area (Å²) in [7, 11) is 0. The second-order valence-corrected chi connectivity index (χ2v) is 3.95. The van der Waals surface area contributed by atoms with Crippen LogP contribution >= 0.6 is 0 Å². The van der Waals surface area contributed by atoms with E-state index in [0.29, 0.717) is 12.0 Å². The Balaban J connectivity index is 2.07. The van der Waals surface area contributed by atoms with E-state index in [4.69, 9.17) is 5.73 Å². The summed E-state index contributed by atoms with van der Waals surface area (Å²) in [6, 6.07) is 0.322. The highest BCUT2D eigenvalue weighted by molar-refractivity contribution is 5.81. The lowest BCUT2D eigenvalue weighted by Crippen LogP contribution is -2.36. The molecule has 3 N–H and O–H groups in total. The van der Waals surface area contributed by atoms with Gasteiger partial charge >= 0.3 is 0 Å². The molecular weight excluding hydrogens is 152 g/mol. The van der Waals surface area contributed by atoms with Gasteiger partial charge in [-0.05, 0) is 31.6 Å². The number of hydrogen-bond donors (Lipinski definition) is 2. The van der Waals surface area contributed by atoms with Crippen LogP contribution in [0.3, 0.4) is 0 Å². The van der Waals surface area contributed by atoms with Crippen LogP contribution in [0.25, 0.3) is 0 Å². The van der Waals surface area contributed by atoms with Crippen LogP contribution in [0.15, 0.2) is 4.99 Å². The van der Waals surface area contributed by atoms with Gasteiger partial charge in [0.25, 0.3) is 0 Å². The van der Waals surface area contributed by atoms with E-state index in [9.17, 15) is 5.11 Å². The van der Waals surface area contributed by atoms with Gasteiger partial charge in [0.15, 0.2) is 0 Å². The van der Waals surface area contributed by atoms with Gasteiger partial charge in [-0.3, -0.25) is 4.99 Å². The molecule has 0 spiro atoms. The molecule has 0 bridgehead atoms. The van der Waals surface area contributed by atoms with Crippen molar-refractivity contribution >= 4 is 5.84 Å². The molecule has 2 aliphatic rings. The number of hydrogen-bond acceptors (Lipinski definition) is 3. The minimum absolute atomic E-state index is 0.138. The molecule has 68 valence electrons. The zero-order valence-corrected chi connectivity index (χ0v) is 7.24. The van der Waals surface area contributed by atoms with E-state index in [1.54, 1.807) is 0 Å². The Kier molecular flexibility index (Phi) is 2.05. The maximum Gasteiger partial charge on any atom is 0.0940 e. The van der Waals surface area contributed by atoms with Crippen LogP contribution in [-0.2, 0) is 0 Å². The van der Waals surface area contributed by atoms with E-state index >= 15 is 0 Å². The third kappa shape index (κ3) is 1.46. The van der Waals surface area contributed by atoms with Crippen LogP contribution in [0.2, 0.25) is 0 Å². The zero-order chi connectivity index (χ0) is 8.55. The van der Waals surface area contributed by atoms with E-state index in [-0.39, 0.29) is 6.10 Å². The molecule has 12 heavy (non-hydrogen) atoms. The second-order valence-electron chi connectivity index (χ2n) is 3.95. The summed E-state index contributed by atoms with van der Waals surface area (Å²) < 4.78 is 0. The molecule has 1 fully saturated rings. The summed E-state index contributed by atoms with van der Waals surface area (Å²) in [6.45, 7) is 0. The molecule has 0 aromatic carbocycles. The normalized spacial score (nSPS) is 41.8. The van der Waals surface area contributed by atoms with Gasteiger partial charge in [0.1, 0.15) is 0 Å². The van der Waals surface area contributed by atoms with Gasteiger partial charge in [-0.1, -0.05) is 0 Å². The lowest BCUT2D eigenvalue weighted by atomic mass is 9.79. The van der Waals surface area contributed by atoms with Crippen LogP contribution < -0.4 is 5.73 Å². The van der Waals surface area contributed by atoms with Gasteiger partial charge in [0.05, 0.1) is 18.0 Å². The Morgan fingerprint density at radius 3 is 3.00 bits per heavy atom. The van der Waals surface area contributed by atoms with Crippen molar-refractivity contribution in [1.29, 1.82) is 0 Å². The summed E-state index contributed by atoms with van der Waals surface area (Å²) >= 11 is 0. The average molecular weight is 168 g/mol. The molecule has 0 aromatic rings. The number of aliphatic imine (C=N–C) groups is 1. The van der Waals surface area contributed by atoms with Crippen LogP contribution in [0.4, 0.5) is 0 Å². The minimum atomic E-state index is -0.138. The van der Waals surface area contributed by atoms with Crippen molar-refractivity contribution in [3.8, 4) is 0 Å². The SMILES string of the molecule is NC1=NC2CC(O)CCC2CC1. The van der Waals surface area contributed by atoms with E-state index in [0.717, 1.165) is 31.5 Å². The summed E-state index contributed by atoms with van der Waals surface area (Å²) in [4.78, 5) is 4.39. The lowest BCUT2D eigenvalue weighted by molar-refractivity contribution is 0.0916. The molecule has 0 radical (unpaired) electrons. The first-order chi connectivity index (χ1) is 5.75. The molecule has 1 aliphatic carbocycles. The molecule has 3 heteroatoms. The Morgan fingerprint density at radius 1 is 1.33 bits per heavy atom. The zero-order valence-electron chi connectivity index (χ0n) is 7.24. The molecular formula is C9H16N2O. The topological polar surface area (TPSA) is 58.6 Å². The first-order valence-electron chi connectivity index (χ1n) is 4.76. The summed E-state index contributed by atoms with van der Waals surface area (Å²) in [5.74, 6) is 1.48. The molecule has 3 unspecified atom stereocenters. The van der Waals surface area contributed by atoms with Crippen LogP contribution in [-0.4, -0.2) is 23.1 Å². The van der Waals surface area contributed by atoms with Gasteiger partial charge in [0, 0.05) is 6.42 Å². The molecule has 0 amide bonds.